The lowest BCUT2D eigenvalue weighted by atomic mass is 9.97. The van der Waals surface area contributed by atoms with Crippen molar-refractivity contribution in [2.24, 2.45) is 0 Å². The van der Waals surface area contributed by atoms with Crippen LogP contribution >= 0.6 is 0 Å². The van der Waals surface area contributed by atoms with Crippen molar-refractivity contribution in [3.63, 3.8) is 0 Å². The highest BCUT2D eigenvalue weighted by Gasteiger charge is 2.21. The zero-order chi connectivity index (χ0) is 18.8. The third-order valence-corrected chi connectivity index (χ3v) is 6.14. The average Bonchev–Trinajstić information content (AvgIpc) is 3.07. The predicted molar refractivity (Wildman–Crippen MR) is 111 cm³/mol. The monoisotopic (exact) mass is 365 g/mol. The highest BCUT2D eigenvalue weighted by atomic mass is 16.1. The maximum atomic E-state index is 12.0. The SMILES string of the molecule is Cc1ccc(N2CCN(CCCn3ccc4c3CCCC4=O)CC2)c(C)c1. The van der Waals surface area contributed by atoms with Gasteiger partial charge in [-0.25, -0.2) is 0 Å². The Bertz CT molecular complexity index is 815. The van der Waals surface area contributed by atoms with Crippen molar-refractivity contribution in [1.29, 1.82) is 0 Å². The summed E-state index contributed by atoms with van der Waals surface area (Å²) in [7, 11) is 0. The Kier molecular flexibility index (Phi) is 5.35. The minimum absolute atomic E-state index is 0.331. The number of rotatable bonds is 5. The molecule has 1 aromatic heterocycles. The number of ketones is 1. The van der Waals surface area contributed by atoms with Crippen LogP contribution in [-0.2, 0) is 13.0 Å². The molecular weight excluding hydrogens is 334 g/mol. The number of fused-ring (bicyclic) bond motifs is 1. The Hall–Kier alpha value is -2.07. The quantitative estimate of drug-likeness (QED) is 0.806. The largest absolute Gasteiger partial charge is 0.369 e. The molecule has 4 heteroatoms. The van der Waals surface area contributed by atoms with Gasteiger partial charge in [0.1, 0.15) is 0 Å². The van der Waals surface area contributed by atoms with Crippen LogP contribution in [0.1, 0.15) is 46.4 Å². The standard InChI is InChI=1S/C23H31N3O/c1-18-7-8-21(19(2)17-18)26-15-13-24(14-16-26)10-4-11-25-12-9-20-22(25)5-3-6-23(20)27/h7-9,12,17H,3-6,10-11,13-16H2,1-2H3. The highest BCUT2D eigenvalue weighted by Crippen LogP contribution is 2.24. The van der Waals surface area contributed by atoms with Crippen LogP contribution in [0.15, 0.2) is 30.5 Å². The Morgan fingerprint density at radius 3 is 2.56 bits per heavy atom. The minimum atomic E-state index is 0.331. The number of hydrogen-bond acceptors (Lipinski definition) is 3. The van der Waals surface area contributed by atoms with E-state index in [1.165, 1.54) is 22.5 Å². The Balaban J connectivity index is 1.26. The summed E-state index contributed by atoms with van der Waals surface area (Å²) in [4.78, 5) is 17.1. The van der Waals surface area contributed by atoms with Gasteiger partial charge in [0.25, 0.3) is 0 Å². The van der Waals surface area contributed by atoms with E-state index >= 15 is 0 Å². The highest BCUT2D eigenvalue weighted by molar-refractivity contribution is 5.98. The number of carbonyl (C=O) groups excluding carboxylic acids is 1. The summed E-state index contributed by atoms with van der Waals surface area (Å²) in [6.07, 6.45) is 6.06. The van der Waals surface area contributed by atoms with Crippen molar-refractivity contribution >= 4 is 11.5 Å². The number of piperazine rings is 1. The predicted octanol–water partition coefficient (Wildman–Crippen LogP) is 3.84. The van der Waals surface area contributed by atoms with E-state index in [9.17, 15) is 4.79 Å². The molecular formula is C23H31N3O. The van der Waals surface area contributed by atoms with Crippen LogP contribution in [0, 0.1) is 13.8 Å². The van der Waals surface area contributed by atoms with E-state index in [1.807, 2.05) is 6.07 Å². The number of Topliss-reactive ketones (excluding diaryl/α,β-unsaturated/α-hetero) is 1. The van der Waals surface area contributed by atoms with E-state index in [4.69, 9.17) is 0 Å². The van der Waals surface area contributed by atoms with Crippen LogP contribution in [0.4, 0.5) is 5.69 Å². The fourth-order valence-corrected chi connectivity index (χ4v) is 4.64. The smallest absolute Gasteiger partial charge is 0.164 e. The number of hydrogen-bond donors (Lipinski definition) is 0. The summed E-state index contributed by atoms with van der Waals surface area (Å²) in [6, 6.07) is 8.80. The van der Waals surface area contributed by atoms with E-state index < -0.39 is 0 Å². The molecule has 0 radical (unpaired) electrons. The Morgan fingerprint density at radius 1 is 0.963 bits per heavy atom. The van der Waals surface area contributed by atoms with Gasteiger partial charge in [0.2, 0.25) is 0 Å². The fraction of sp³-hybridized carbons (Fsp3) is 0.522. The molecule has 1 fully saturated rings. The Morgan fingerprint density at radius 2 is 1.78 bits per heavy atom. The zero-order valence-corrected chi connectivity index (χ0v) is 16.7. The number of nitrogens with zero attached hydrogens (tertiary/aromatic N) is 3. The second-order valence-corrected chi connectivity index (χ2v) is 8.12. The summed E-state index contributed by atoms with van der Waals surface area (Å²) >= 11 is 0. The summed E-state index contributed by atoms with van der Waals surface area (Å²) in [6.45, 7) is 11.0. The maximum absolute atomic E-state index is 12.0. The summed E-state index contributed by atoms with van der Waals surface area (Å²) in [5.41, 5.74) is 6.36. The van der Waals surface area contributed by atoms with Crippen molar-refractivity contribution in [2.45, 2.75) is 46.1 Å². The average molecular weight is 366 g/mol. The maximum Gasteiger partial charge on any atom is 0.164 e. The molecule has 2 heterocycles. The van der Waals surface area contributed by atoms with Gasteiger partial charge in [-0.1, -0.05) is 17.7 Å². The van der Waals surface area contributed by atoms with Gasteiger partial charge in [-0.3, -0.25) is 9.69 Å². The Labute approximate surface area is 162 Å². The van der Waals surface area contributed by atoms with Gasteiger partial charge in [-0.2, -0.15) is 0 Å². The molecule has 2 aromatic rings. The first-order valence-corrected chi connectivity index (χ1v) is 10.4. The lowest BCUT2D eigenvalue weighted by Crippen LogP contribution is -2.47. The van der Waals surface area contributed by atoms with Crippen molar-refractivity contribution < 1.29 is 4.79 Å². The van der Waals surface area contributed by atoms with E-state index in [0.29, 0.717) is 5.78 Å². The topological polar surface area (TPSA) is 28.5 Å². The first kappa shape index (κ1) is 18.3. The zero-order valence-electron chi connectivity index (χ0n) is 16.7. The van der Waals surface area contributed by atoms with Crippen LogP contribution < -0.4 is 4.90 Å². The van der Waals surface area contributed by atoms with E-state index in [-0.39, 0.29) is 0 Å². The molecule has 0 spiro atoms. The number of anilines is 1. The van der Waals surface area contributed by atoms with E-state index in [1.54, 1.807) is 0 Å². The normalized spacial score (nSPS) is 18.0. The van der Waals surface area contributed by atoms with Crippen LogP contribution in [0.2, 0.25) is 0 Å². The van der Waals surface area contributed by atoms with Gasteiger partial charge in [-0.15, -0.1) is 0 Å². The van der Waals surface area contributed by atoms with E-state index in [2.05, 4.69) is 52.6 Å². The van der Waals surface area contributed by atoms with Crippen molar-refractivity contribution in [3.8, 4) is 0 Å². The molecule has 0 bridgehead atoms. The summed E-state index contributed by atoms with van der Waals surface area (Å²) in [5, 5.41) is 0. The van der Waals surface area contributed by atoms with Gasteiger partial charge in [0.05, 0.1) is 0 Å². The molecule has 0 saturated carbocycles. The number of aromatic nitrogens is 1. The summed E-state index contributed by atoms with van der Waals surface area (Å²) < 4.78 is 2.32. The van der Waals surface area contributed by atoms with Crippen molar-refractivity contribution in [3.05, 3.63) is 52.8 Å². The molecule has 0 N–H and O–H groups in total. The molecule has 2 aliphatic rings. The molecule has 0 amide bonds. The van der Waals surface area contributed by atoms with Crippen LogP contribution in [0.5, 0.6) is 0 Å². The lowest BCUT2D eigenvalue weighted by Gasteiger charge is -2.37. The first-order valence-electron chi connectivity index (χ1n) is 10.4. The molecule has 1 aromatic carbocycles. The molecule has 1 saturated heterocycles. The summed E-state index contributed by atoms with van der Waals surface area (Å²) in [5.74, 6) is 0.331. The molecule has 144 valence electrons. The molecule has 0 unspecified atom stereocenters. The van der Waals surface area contributed by atoms with Gasteiger partial charge >= 0.3 is 0 Å². The van der Waals surface area contributed by atoms with E-state index in [0.717, 1.165) is 70.5 Å². The number of carbonyl (C=O) groups is 1. The minimum Gasteiger partial charge on any atom is -0.369 e. The molecule has 1 aliphatic carbocycles. The molecule has 1 aliphatic heterocycles. The van der Waals surface area contributed by atoms with Gasteiger partial charge in [0.15, 0.2) is 5.78 Å². The van der Waals surface area contributed by atoms with Gasteiger partial charge in [-0.05, 0) is 57.4 Å². The first-order chi connectivity index (χ1) is 13.1. The van der Waals surface area contributed by atoms with Gasteiger partial charge < -0.3 is 9.47 Å². The fourth-order valence-electron chi connectivity index (χ4n) is 4.64. The molecule has 0 atom stereocenters. The third kappa shape index (κ3) is 3.96. The lowest BCUT2D eigenvalue weighted by molar-refractivity contribution is 0.0971. The third-order valence-electron chi connectivity index (χ3n) is 6.14. The second-order valence-electron chi connectivity index (χ2n) is 8.12. The van der Waals surface area contributed by atoms with Crippen molar-refractivity contribution in [2.75, 3.05) is 37.6 Å². The second kappa shape index (κ2) is 7.89. The number of benzene rings is 1. The van der Waals surface area contributed by atoms with Crippen LogP contribution in [0.25, 0.3) is 0 Å². The molecule has 27 heavy (non-hydrogen) atoms. The van der Waals surface area contributed by atoms with Crippen LogP contribution in [0.3, 0.4) is 0 Å². The molecule has 4 rings (SSSR count). The number of aryl methyl sites for hydroxylation is 3. The molecule has 4 nitrogen and oxygen atoms in total. The van der Waals surface area contributed by atoms with Gasteiger partial charge in [0, 0.05) is 62.3 Å². The van der Waals surface area contributed by atoms with Crippen LogP contribution in [-0.4, -0.2) is 48.0 Å². The van der Waals surface area contributed by atoms with Crippen molar-refractivity contribution in [1.82, 2.24) is 9.47 Å².